The molecule has 0 saturated carbocycles. The van der Waals surface area contributed by atoms with E-state index in [0.717, 1.165) is 0 Å². The molecule has 0 aliphatic carbocycles. The van der Waals surface area contributed by atoms with Crippen molar-refractivity contribution in [2.24, 2.45) is 0 Å². The number of ether oxygens (including phenoxy) is 1. The Morgan fingerprint density at radius 3 is 2.52 bits per heavy atom. The van der Waals surface area contributed by atoms with Crippen LogP contribution in [0.5, 0.6) is 5.75 Å². The van der Waals surface area contributed by atoms with Gasteiger partial charge in [-0.15, -0.1) is 0 Å². The molecule has 1 aliphatic heterocycles. The molecular formula is C19H23N3O6S. The second-order valence-electron chi connectivity index (χ2n) is 6.96. The van der Waals surface area contributed by atoms with Crippen LogP contribution in [0.4, 0.5) is 0 Å². The van der Waals surface area contributed by atoms with Crippen molar-refractivity contribution in [1.82, 2.24) is 14.8 Å². The van der Waals surface area contributed by atoms with E-state index in [1.807, 2.05) is 0 Å². The van der Waals surface area contributed by atoms with Crippen LogP contribution in [0.2, 0.25) is 0 Å². The first kappa shape index (κ1) is 21.0. The maximum Gasteiger partial charge on any atom is 0.308 e. The first-order valence-electron chi connectivity index (χ1n) is 9.20. The third-order valence-electron chi connectivity index (χ3n) is 4.68. The summed E-state index contributed by atoms with van der Waals surface area (Å²) in [6.07, 6.45) is 0.968. The summed E-state index contributed by atoms with van der Waals surface area (Å²) in [7, 11) is -3.74. The molecular weight excluding hydrogens is 398 g/mol. The van der Waals surface area contributed by atoms with Crippen LogP contribution >= 0.6 is 0 Å². The van der Waals surface area contributed by atoms with Crippen molar-refractivity contribution in [3.05, 3.63) is 41.3 Å². The Kier molecular flexibility index (Phi) is 6.04. The van der Waals surface area contributed by atoms with E-state index in [4.69, 9.17) is 9.26 Å². The molecule has 0 radical (unpaired) electrons. The number of hydrogen-bond acceptors (Lipinski definition) is 7. The lowest BCUT2D eigenvalue weighted by Crippen LogP contribution is -2.46. The van der Waals surface area contributed by atoms with Crippen LogP contribution in [-0.2, 0) is 14.8 Å². The lowest BCUT2D eigenvalue weighted by atomic mass is 10.0. The molecule has 156 valence electrons. The number of rotatable bonds is 5. The highest BCUT2D eigenvalue weighted by molar-refractivity contribution is 7.89. The molecule has 9 nitrogen and oxygen atoms in total. The molecule has 0 unspecified atom stereocenters. The maximum absolute atomic E-state index is 12.7. The number of aryl methyl sites for hydroxylation is 2. The van der Waals surface area contributed by atoms with Gasteiger partial charge in [-0.1, -0.05) is 11.2 Å². The summed E-state index contributed by atoms with van der Waals surface area (Å²) in [6.45, 7) is 5.25. The normalized spacial score (nSPS) is 15.3. The largest absolute Gasteiger partial charge is 0.427 e. The van der Waals surface area contributed by atoms with Gasteiger partial charge in [0.2, 0.25) is 10.0 Å². The van der Waals surface area contributed by atoms with E-state index in [2.05, 4.69) is 9.88 Å². The average Bonchev–Trinajstić information content (AvgIpc) is 3.00. The number of nitrogens with zero attached hydrogens (tertiary/aromatic N) is 2. The smallest absolute Gasteiger partial charge is 0.308 e. The molecule has 1 fully saturated rings. The second kappa shape index (κ2) is 8.34. The topological polar surface area (TPSA) is 119 Å². The van der Waals surface area contributed by atoms with E-state index in [1.165, 1.54) is 13.0 Å². The number of carbonyl (C=O) groups excluding carboxylic acids is 2. The van der Waals surface area contributed by atoms with Crippen LogP contribution in [0.25, 0.3) is 0 Å². The SMILES string of the molecule is CC(=O)Oc1cccc(C(=O)N2CCC(NS(=O)(=O)c3c(C)noc3C)CC2)c1. The van der Waals surface area contributed by atoms with E-state index in [9.17, 15) is 18.0 Å². The minimum Gasteiger partial charge on any atom is -0.427 e. The average molecular weight is 421 g/mol. The van der Waals surface area contributed by atoms with E-state index in [-0.39, 0.29) is 22.6 Å². The number of carbonyl (C=O) groups is 2. The molecule has 1 aliphatic rings. The number of aromatic nitrogens is 1. The standard InChI is InChI=1S/C19H23N3O6S/c1-12-18(13(2)28-20-12)29(25,26)21-16-7-9-22(10-8-16)19(24)15-5-4-6-17(11-15)27-14(3)23/h4-6,11,16,21H,7-10H2,1-3H3. The summed E-state index contributed by atoms with van der Waals surface area (Å²) in [5.74, 6) is -0.0900. The van der Waals surface area contributed by atoms with Gasteiger partial charge in [0.15, 0.2) is 5.76 Å². The van der Waals surface area contributed by atoms with Crippen molar-refractivity contribution in [2.45, 2.75) is 44.6 Å². The van der Waals surface area contributed by atoms with Crippen LogP contribution < -0.4 is 9.46 Å². The van der Waals surface area contributed by atoms with Gasteiger partial charge in [-0.2, -0.15) is 0 Å². The molecule has 0 atom stereocenters. The zero-order chi connectivity index (χ0) is 21.2. The second-order valence-corrected chi connectivity index (χ2v) is 8.61. The van der Waals surface area contributed by atoms with Crippen LogP contribution in [-0.4, -0.2) is 49.5 Å². The Labute approximate surface area is 169 Å². The summed E-state index contributed by atoms with van der Waals surface area (Å²) < 4.78 is 37.9. The Hall–Kier alpha value is -2.72. The van der Waals surface area contributed by atoms with Crippen molar-refractivity contribution in [1.29, 1.82) is 0 Å². The summed E-state index contributed by atoms with van der Waals surface area (Å²) in [5, 5.41) is 3.69. The van der Waals surface area contributed by atoms with Crippen LogP contribution in [0.1, 0.15) is 41.6 Å². The zero-order valence-electron chi connectivity index (χ0n) is 16.5. The Balaban J connectivity index is 1.62. The highest BCUT2D eigenvalue weighted by Gasteiger charge is 2.30. The number of esters is 1. The maximum atomic E-state index is 12.7. The predicted octanol–water partition coefficient (Wildman–Crippen LogP) is 1.80. The van der Waals surface area contributed by atoms with Gasteiger partial charge in [-0.3, -0.25) is 9.59 Å². The van der Waals surface area contributed by atoms with E-state index >= 15 is 0 Å². The molecule has 1 aromatic heterocycles. The predicted molar refractivity (Wildman–Crippen MR) is 103 cm³/mol. The Morgan fingerprint density at radius 2 is 1.93 bits per heavy atom. The van der Waals surface area contributed by atoms with Crippen LogP contribution in [0.3, 0.4) is 0 Å². The monoisotopic (exact) mass is 421 g/mol. The molecule has 0 bridgehead atoms. The molecule has 1 amide bonds. The highest BCUT2D eigenvalue weighted by atomic mass is 32.2. The van der Waals surface area contributed by atoms with Gasteiger partial charge >= 0.3 is 5.97 Å². The minimum atomic E-state index is -3.74. The third kappa shape index (κ3) is 4.83. The van der Waals surface area contributed by atoms with Crippen molar-refractivity contribution in [3.63, 3.8) is 0 Å². The summed E-state index contributed by atoms with van der Waals surface area (Å²) in [5.41, 5.74) is 0.730. The highest BCUT2D eigenvalue weighted by Crippen LogP contribution is 2.22. The van der Waals surface area contributed by atoms with Crippen LogP contribution in [0.15, 0.2) is 33.7 Å². The molecule has 1 N–H and O–H groups in total. The van der Waals surface area contributed by atoms with Crippen molar-refractivity contribution < 1.29 is 27.3 Å². The molecule has 10 heteroatoms. The molecule has 2 aromatic rings. The summed E-state index contributed by atoms with van der Waals surface area (Å²) in [4.78, 5) is 25.6. The molecule has 0 spiro atoms. The van der Waals surface area contributed by atoms with E-state index in [1.54, 1.807) is 36.9 Å². The van der Waals surface area contributed by atoms with Gasteiger partial charge in [-0.05, 0) is 44.9 Å². The third-order valence-corrected chi connectivity index (χ3v) is 6.45. The fourth-order valence-corrected chi connectivity index (χ4v) is 5.01. The fourth-order valence-electron chi connectivity index (χ4n) is 3.38. The Bertz CT molecular complexity index is 1000. The summed E-state index contributed by atoms with van der Waals surface area (Å²) >= 11 is 0. The molecule has 2 heterocycles. The van der Waals surface area contributed by atoms with E-state index < -0.39 is 16.0 Å². The number of amides is 1. The van der Waals surface area contributed by atoms with Gasteiger partial charge in [0.05, 0.1) is 0 Å². The van der Waals surface area contributed by atoms with Gasteiger partial charge in [0, 0.05) is 31.6 Å². The molecule has 29 heavy (non-hydrogen) atoms. The molecule has 1 saturated heterocycles. The Morgan fingerprint density at radius 1 is 1.24 bits per heavy atom. The first-order valence-corrected chi connectivity index (χ1v) is 10.7. The molecule has 1 aromatic carbocycles. The lowest BCUT2D eigenvalue weighted by molar-refractivity contribution is -0.131. The van der Waals surface area contributed by atoms with Gasteiger partial charge in [-0.25, -0.2) is 13.1 Å². The van der Waals surface area contributed by atoms with Crippen molar-refractivity contribution in [2.75, 3.05) is 13.1 Å². The van der Waals surface area contributed by atoms with Crippen molar-refractivity contribution >= 4 is 21.9 Å². The zero-order valence-corrected chi connectivity index (χ0v) is 17.3. The molecule has 3 rings (SSSR count). The van der Waals surface area contributed by atoms with E-state index in [0.29, 0.717) is 42.9 Å². The number of hydrogen-bond donors (Lipinski definition) is 1. The van der Waals surface area contributed by atoms with Crippen LogP contribution in [0, 0.1) is 13.8 Å². The number of piperidine rings is 1. The number of nitrogens with one attached hydrogen (secondary N) is 1. The lowest BCUT2D eigenvalue weighted by Gasteiger charge is -2.32. The van der Waals surface area contributed by atoms with Crippen molar-refractivity contribution in [3.8, 4) is 5.75 Å². The number of benzene rings is 1. The minimum absolute atomic E-state index is 0.0679. The van der Waals surface area contributed by atoms with Gasteiger partial charge < -0.3 is 14.2 Å². The quantitative estimate of drug-likeness (QED) is 0.577. The first-order chi connectivity index (χ1) is 13.7. The number of likely N-dealkylation sites (tertiary alicyclic amines) is 1. The fraction of sp³-hybridized carbons (Fsp3) is 0.421. The van der Waals surface area contributed by atoms with Gasteiger partial charge in [0.1, 0.15) is 16.3 Å². The van der Waals surface area contributed by atoms with Gasteiger partial charge in [0.25, 0.3) is 5.91 Å². The summed E-state index contributed by atoms with van der Waals surface area (Å²) in [6, 6.07) is 6.15. The number of sulfonamides is 1.